The largest absolute Gasteiger partial charge is 0.444 e. The van der Waals surface area contributed by atoms with Crippen LogP contribution in [-0.2, 0) is 11.3 Å². The fourth-order valence-electron chi connectivity index (χ4n) is 2.09. The maximum Gasteiger partial charge on any atom is 0.410 e. The smallest absolute Gasteiger partial charge is 0.410 e. The molecule has 0 bridgehead atoms. The third kappa shape index (κ3) is 4.45. The molecule has 110 valence electrons. The Labute approximate surface area is 119 Å². The number of rotatable bonds is 3. The zero-order chi connectivity index (χ0) is 14.6. The predicted octanol–water partition coefficient (Wildman–Crippen LogP) is 1.58. The lowest BCUT2D eigenvalue weighted by molar-refractivity contribution is 0.0291. The van der Waals surface area contributed by atoms with Crippen molar-refractivity contribution in [2.45, 2.75) is 45.4 Å². The molecule has 1 aromatic rings. The van der Waals surface area contributed by atoms with Gasteiger partial charge in [0.25, 0.3) is 0 Å². The molecule has 6 heteroatoms. The number of carbonyl (C=O) groups excluding carboxylic acids is 1. The maximum atomic E-state index is 11.9. The second-order valence-electron chi connectivity index (χ2n) is 5.99. The van der Waals surface area contributed by atoms with Gasteiger partial charge in [-0.1, -0.05) is 0 Å². The standard InChI is InChI=1S/C14H22N4O2/c1-14(2,3)20-13(19)18-7-4-11(10-18)17-9-12-8-15-5-6-16-12/h5-6,8,11,17H,4,7,9-10H2,1-3H3/t11-/m0/s1. The minimum absolute atomic E-state index is 0.235. The lowest BCUT2D eigenvalue weighted by Gasteiger charge is -2.24. The molecule has 2 rings (SSSR count). The number of aromatic nitrogens is 2. The Kier molecular flexibility index (Phi) is 4.54. The Bertz CT molecular complexity index is 444. The van der Waals surface area contributed by atoms with Gasteiger partial charge in [-0.2, -0.15) is 0 Å². The molecule has 1 aromatic heterocycles. The normalized spacial score (nSPS) is 19.1. The van der Waals surface area contributed by atoms with E-state index in [1.165, 1.54) is 0 Å². The Morgan fingerprint density at radius 2 is 2.30 bits per heavy atom. The molecule has 6 nitrogen and oxygen atoms in total. The van der Waals surface area contributed by atoms with Gasteiger partial charge in [-0.15, -0.1) is 0 Å². The minimum Gasteiger partial charge on any atom is -0.444 e. The fourth-order valence-corrected chi connectivity index (χ4v) is 2.09. The van der Waals surface area contributed by atoms with Crippen LogP contribution in [0.3, 0.4) is 0 Å². The molecule has 1 saturated heterocycles. The van der Waals surface area contributed by atoms with E-state index in [4.69, 9.17) is 4.74 Å². The van der Waals surface area contributed by atoms with Crippen LogP contribution in [0.15, 0.2) is 18.6 Å². The van der Waals surface area contributed by atoms with Crippen molar-refractivity contribution >= 4 is 6.09 Å². The van der Waals surface area contributed by atoms with Gasteiger partial charge in [0.1, 0.15) is 5.60 Å². The van der Waals surface area contributed by atoms with Crippen LogP contribution in [-0.4, -0.2) is 45.7 Å². The van der Waals surface area contributed by atoms with Crippen LogP contribution < -0.4 is 5.32 Å². The van der Waals surface area contributed by atoms with Crippen LogP contribution in [0.1, 0.15) is 32.9 Å². The second kappa shape index (κ2) is 6.17. The molecule has 0 aliphatic carbocycles. The summed E-state index contributed by atoms with van der Waals surface area (Å²) >= 11 is 0. The summed E-state index contributed by atoms with van der Waals surface area (Å²) in [5.41, 5.74) is 0.464. The average Bonchev–Trinajstić information content (AvgIpc) is 2.84. The van der Waals surface area contributed by atoms with Gasteiger partial charge in [0, 0.05) is 44.3 Å². The van der Waals surface area contributed by atoms with E-state index in [1.807, 2.05) is 20.8 Å². The summed E-state index contributed by atoms with van der Waals surface area (Å²) in [7, 11) is 0. The van der Waals surface area contributed by atoms with Crippen molar-refractivity contribution in [1.29, 1.82) is 0 Å². The highest BCUT2D eigenvalue weighted by Crippen LogP contribution is 2.15. The molecule has 1 N–H and O–H groups in total. The van der Waals surface area contributed by atoms with Gasteiger partial charge >= 0.3 is 6.09 Å². The molecule has 0 saturated carbocycles. The van der Waals surface area contributed by atoms with Crippen molar-refractivity contribution in [2.75, 3.05) is 13.1 Å². The highest BCUT2D eigenvalue weighted by Gasteiger charge is 2.29. The number of ether oxygens (including phenoxy) is 1. The zero-order valence-electron chi connectivity index (χ0n) is 12.3. The Balaban J connectivity index is 1.76. The van der Waals surface area contributed by atoms with E-state index in [0.717, 1.165) is 18.7 Å². The average molecular weight is 278 g/mol. The molecule has 0 radical (unpaired) electrons. The monoisotopic (exact) mass is 278 g/mol. The molecule has 0 aromatic carbocycles. The van der Waals surface area contributed by atoms with Gasteiger partial charge in [0.15, 0.2) is 0 Å². The summed E-state index contributed by atoms with van der Waals surface area (Å²) in [6, 6.07) is 0.282. The SMILES string of the molecule is CC(C)(C)OC(=O)N1CC[C@H](NCc2cnccn2)C1. The molecular weight excluding hydrogens is 256 g/mol. The van der Waals surface area contributed by atoms with E-state index in [-0.39, 0.29) is 12.1 Å². The fraction of sp³-hybridized carbons (Fsp3) is 0.643. The number of likely N-dealkylation sites (tertiary alicyclic amines) is 1. The van der Waals surface area contributed by atoms with Gasteiger partial charge in [-0.05, 0) is 27.2 Å². The Hall–Kier alpha value is -1.69. The van der Waals surface area contributed by atoms with E-state index in [2.05, 4.69) is 15.3 Å². The van der Waals surface area contributed by atoms with Crippen LogP contribution >= 0.6 is 0 Å². The summed E-state index contributed by atoms with van der Waals surface area (Å²) in [5, 5.41) is 3.39. The van der Waals surface area contributed by atoms with Crippen molar-refractivity contribution in [3.63, 3.8) is 0 Å². The first-order valence-corrected chi connectivity index (χ1v) is 6.90. The lowest BCUT2D eigenvalue weighted by atomic mass is 10.2. The van der Waals surface area contributed by atoms with Gasteiger partial charge in [0.2, 0.25) is 0 Å². The molecule has 0 spiro atoms. The molecule has 2 heterocycles. The van der Waals surface area contributed by atoms with E-state index < -0.39 is 5.60 Å². The van der Waals surface area contributed by atoms with Crippen LogP contribution in [0, 0.1) is 0 Å². The third-order valence-corrected chi connectivity index (χ3v) is 3.03. The van der Waals surface area contributed by atoms with Gasteiger partial charge < -0.3 is 15.0 Å². The zero-order valence-corrected chi connectivity index (χ0v) is 12.3. The lowest BCUT2D eigenvalue weighted by Crippen LogP contribution is -2.38. The predicted molar refractivity (Wildman–Crippen MR) is 75.1 cm³/mol. The van der Waals surface area contributed by atoms with E-state index in [1.54, 1.807) is 23.5 Å². The van der Waals surface area contributed by atoms with E-state index in [9.17, 15) is 4.79 Å². The third-order valence-electron chi connectivity index (χ3n) is 3.03. The van der Waals surface area contributed by atoms with Crippen molar-refractivity contribution in [3.05, 3.63) is 24.3 Å². The van der Waals surface area contributed by atoms with Crippen molar-refractivity contribution in [2.24, 2.45) is 0 Å². The van der Waals surface area contributed by atoms with E-state index >= 15 is 0 Å². The second-order valence-corrected chi connectivity index (χ2v) is 5.99. The molecule has 1 aliphatic rings. The number of hydrogen-bond acceptors (Lipinski definition) is 5. The first-order valence-electron chi connectivity index (χ1n) is 6.90. The Morgan fingerprint density at radius 3 is 2.95 bits per heavy atom. The van der Waals surface area contributed by atoms with Gasteiger partial charge in [0.05, 0.1) is 5.69 Å². The topological polar surface area (TPSA) is 67.3 Å². The summed E-state index contributed by atoms with van der Waals surface area (Å²) in [6.45, 7) is 7.71. The molecule has 0 unspecified atom stereocenters. The molecule has 1 amide bonds. The van der Waals surface area contributed by atoms with Crippen LogP contribution in [0.2, 0.25) is 0 Å². The number of nitrogens with one attached hydrogen (secondary N) is 1. The van der Waals surface area contributed by atoms with Crippen molar-refractivity contribution < 1.29 is 9.53 Å². The van der Waals surface area contributed by atoms with Gasteiger partial charge in [-0.25, -0.2) is 4.79 Å². The minimum atomic E-state index is -0.442. The maximum absolute atomic E-state index is 11.9. The molecule has 1 aliphatic heterocycles. The quantitative estimate of drug-likeness (QED) is 0.909. The van der Waals surface area contributed by atoms with Crippen LogP contribution in [0.4, 0.5) is 4.79 Å². The molecular formula is C14H22N4O2. The number of nitrogens with zero attached hydrogens (tertiary/aromatic N) is 3. The first kappa shape index (κ1) is 14.7. The summed E-state index contributed by atoms with van der Waals surface area (Å²) in [4.78, 5) is 21.9. The number of hydrogen-bond donors (Lipinski definition) is 1. The highest BCUT2D eigenvalue weighted by atomic mass is 16.6. The first-order chi connectivity index (χ1) is 9.44. The molecule has 1 atom stereocenters. The van der Waals surface area contributed by atoms with Crippen LogP contribution in [0.5, 0.6) is 0 Å². The molecule has 20 heavy (non-hydrogen) atoms. The van der Waals surface area contributed by atoms with E-state index in [0.29, 0.717) is 13.1 Å². The van der Waals surface area contributed by atoms with Crippen molar-refractivity contribution in [1.82, 2.24) is 20.2 Å². The summed E-state index contributed by atoms with van der Waals surface area (Å²) in [5.74, 6) is 0. The Morgan fingerprint density at radius 1 is 1.50 bits per heavy atom. The van der Waals surface area contributed by atoms with Gasteiger partial charge in [-0.3, -0.25) is 9.97 Å². The highest BCUT2D eigenvalue weighted by molar-refractivity contribution is 5.68. The number of carbonyl (C=O) groups is 1. The van der Waals surface area contributed by atoms with Crippen molar-refractivity contribution in [3.8, 4) is 0 Å². The number of amides is 1. The summed E-state index contributed by atoms with van der Waals surface area (Å²) < 4.78 is 5.37. The summed E-state index contributed by atoms with van der Waals surface area (Å²) in [6.07, 6.45) is 5.77. The van der Waals surface area contributed by atoms with Crippen LogP contribution in [0.25, 0.3) is 0 Å². The molecule has 1 fully saturated rings.